The van der Waals surface area contributed by atoms with Crippen molar-refractivity contribution in [1.82, 2.24) is 4.90 Å². The van der Waals surface area contributed by atoms with Gasteiger partial charge in [0.2, 0.25) is 0 Å². The molecule has 0 amide bonds. The number of hydrogen-bond acceptors (Lipinski definition) is 4. The molecule has 0 heterocycles. The Labute approximate surface area is 119 Å². The van der Waals surface area contributed by atoms with Gasteiger partial charge in [-0.2, -0.15) is 0 Å². The highest BCUT2D eigenvalue weighted by atomic mass is 32.2. The van der Waals surface area contributed by atoms with Crippen molar-refractivity contribution >= 4 is 17.4 Å². The molecule has 0 radical (unpaired) electrons. The van der Waals surface area contributed by atoms with Crippen LogP contribution >= 0.6 is 11.8 Å². The smallest absolute Gasteiger partial charge is 0.167 e. The van der Waals surface area contributed by atoms with Gasteiger partial charge >= 0.3 is 0 Å². The van der Waals surface area contributed by atoms with Gasteiger partial charge in [0, 0.05) is 28.9 Å². The maximum absolute atomic E-state index is 13.6. The second-order valence-corrected chi connectivity index (χ2v) is 5.27. The Hall–Kier alpha value is -0.940. The van der Waals surface area contributed by atoms with E-state index in [2.05, 4.69) is 18.7 Å². The Morgan fingerprint density at radius 1 is 1.26 bits per heavy atom. The van der Waals surface area contributed by atoms with E-state index in [0.717, 1.165) is 30.3 Å². The Kier molecular flexibility index (Phi) is 7.02. The summed E-state index contributed by atoms with van der Waals surface area (Å²) < 4.78 is 18.8. The topological polar surface area (TPSA) is 38.5 Å². The van der Waals surface area contributed by atoms with Crippen molar-refractivity contribution in [3.8, 4) is 5.75 Å². The zero-order chi connectivity index (χ0) is 14.3. The third-order valence-electron chi connectivity index (χ3n) is 2.92. The zero-order valence-corrected chi connectivity index (χ0v) is 12.7. The van der Waals surface area contributed by atoms with Crippen molar-refractivity contribution in [2.45, 2.75) is 25.7 Å². The van der Waals surface area contributed by atoms with Crippen molar-refractivity contribution in [1.29, 1.82) is 0 Å². The van der Waals surface area contributed by atoms with Gasteiger partial charge in [-0.1, -0.05) is 13.8 Å². The molecule has 0 saturated carbocycles. The summed E-state index contributed by atoms with van der Waals surface area (Å²) in [6.45, 7) is 9.66. The highest BCUT2D eigenvalue weighted by Crippen LogP contribution is 2.31. The number of ether oxygens (including phenoxy) is 1. The number of hydrogen-bond donors (Lipinski definition) is 1. The average Bonchev–Trinajstić information content (AvgIpc) is 2.39. The highest BCUT2D eigenvalue weighted by molar-refractivity contribution is 7.99. The molecule has 0 aliphatic carbocycles. The van der Waals surface area contributed by atoms with E-state index in [1.165, 1.54) is 6.07 Å². The molecule has 0 spiro atoms. The standard InChI is InChI=1S/C14H23FN2OS/c1-4-17(5-2)7-8-19-14-10-13(18-6-3)11(15)9-12(14)16/h9-10H,4-8,16H2,1-3H3. The summed E-state index contributed by atoms with van der Waals surface area (Å²) in [4.78, 5) is 3.23. The van der Waals surface area contributed by atoms with Gasteiger partial charge in [-0.05, 0) is 26.1 Å². The van der Waals surface area contributed by atoms with E-state index in [4.69, 9.17) is 10.5 Å². The lowest BCUT2D eigenvalue weighted by Gasteiger charge is -2.17. The molecule has 1 aromatic rings. The number of nitrogens with two attached hydrogens (primary N) is 1. The Morgan fingerprint density at radius 3 is 2.53 bits per heavy atom. The maximum atomic E-state index is 13.6. The quantitative estimate of drug-likeness (QED) is 0.588. The van der Waals surface area contributed by atoms with Gasteiger partial charge in [0.1, 0.15) is 0 Å². The number of rotatable bonds is 8. The second-order valence-electron chi connectivity index (χ2n) is 4.13. The molecule has 0 aromatic heterocycles. The van der Waals surface area contributed by atoms with Crippen LogP contribution < -0.4 is 10.5 Å². The lowest BCUT2D eigenvalue weighted by Crippen LogP contribution is -2.25. The molecule has 0 aliphatic rings. The molecule has 0 unspecified atom stereocenters. The van der Waals surface area contributed by atoms with Gasteiger partial charge in [-0.3, -0.25) is 0 Å². The first-order valence-electron chi connectivity index (χ1n) is 6.69. The summed E-state index contributed by atoms with van der Waals surface area (Å²) in [6, 6.07) is 3.03. The van der Waals surface area contributed by atoms with Crippen LogP contribution in [0.25, 0.3) is 0 Å². The Morgan fingerprint density at radius 2 is 1.95 bits per heavy atom. The number of benzene rings is 1. The summed E-state index contributed by atoms with van der Waals surface area (Å²) in [6.07, 6.45) is 0. The predicted molar refractivity (Wildman–Crippen MR) is 80.5 cm³/mol. The molecule has 0 atom stereocenters. The maximum Gasteiger partial charge on any atom is 0.167 e. The monoisotopic (exact) mass is 286 g/mol. The third kappa shape index (κ3) is 4.91. The molecule has 108 valence electrons. The summed E-state index contributed by atoms with van der Waals surface area (Å²) >= 11 is 1.64. The first kappa shape index (κ1) is 16.1. The summed E-state index contributed by atoms with van der Waals surface area (Å²) in [7, 11) is 0. The van der Waals surface area contributed by atoms with Crippen LogP contribution in [0.4, 0.5) is 10.1 Å². The number of anilines is 1. The van der Waals surface area contributed by atoms with Gasteiger partial charge in [0.15, 0.2) is 11.6 Å². The highest BCUT2D eigenvalue weighted by Gasteiger charge is 2.09. The number of nitrogens with zero attached hydrogens (tertiary/aromatic N) is 1. The lowest BCUT2D eigenvalue weighted by atomic mass is 10.3. The van der Waals surface area contributed by atoms with Crippen LogP contribution in [0.1, 0.15) is 20.8 Å². The van der Waals surface area contributed by atoms with Crippen LogP contribution in [0.5, 0.6) is 5.75 Å². The Bertz CT molecular complexity index is 397. The predicted octanol–water partition coefficient (Wildman–Crippen LogP) is 3.24. The second kappa shape index (κ2) is 8.27. The van der Waals surface area contributed by atoms with Crippen LogP contribution in [0.2, 0.25) is 0 Å². The summed E-state index contributed by atoms with van der Waals surface area (Å²) in [5.41, 5.74) is 6.32. The van der Waals surface area contributed by atoms with Gasteiger partial charge < -0.3 is 15.4 Å². The molecule has 0 bridgehead atoms. The number of halogens is 1. The fourth-order valence-corrected chi connectivity index (χ4v) is 2.75. The molecule has 5 heteroatoms. The normalized spacial score (nSPS) is 11.0. The number of nitrogen functional groups attached to an aromatic ring is 1. The SMILES string of the molecule is CCOc1cc(SCCN(CC)CC)c(N)cc1F. The van der Waals surface area contributed by atoms with Crippen molar-refractivity contribution in [2.75, 3.05) is 37.7 Å². The lowest BCUT2D eigenvalue weighted by molar-refractivity contribution is 0.320. The fraction of sp³-hybridized carbons (Fsp3) is 0.571. The average molecular weight is 286 g/mol. The van der Waals surface area contributed by atoms with E-state index in [9.17, 15) is 4.39 Å². The van der Waals surface area contributed by atoms with Crippen LogP contribution in [-0.2, 0) is 0 Å². The summed E-state index contributed by atoms with van der Waals surface area (Å²) in [5, 5.41) is 0. The Balaban J connectivity index is 2.64. The minimum Gasteiger partial charge on any atom is -0.491 e. The van der Waals surface area contributed by atoms with Crippen LogP contribution in [0, 0.1) is 5.82 Å². The third-order valence-corrected chi connectivity index (χ3v) is 3.97. The molecule has 0 fully saturated rings. The van der Waals surface area contributed by atoms with Gasteiger partial charge in [-0.15, -0.1) is 11.8 Å². The van der Waals surface area contributed by atoms with E-state index in [-0.39, 0.29) is 5.75 Å². The van der Waals surface area contributed by atoms with Gasteiger partial charge in [-0.25, -0.2) is 4.39 Å². The minimum absolute atomic E-state index is 0.280. The first-order valence-corrected chi connectivity index (χ1v) is 7.67. The van der Waals surface area contributed by atoms with E-state index < -0.39 is 5.82 Å². The first-order chi connectivity index (χ1) is 9.12. The molecule has 19 heavy (non-hydrogen) atoms. The van der Waals surface area contributed by atoms with Crippen LogP contribution in [0.15, 0.2) is 17.0 Å². The van der Waals surface area contributed by atoms with Crippen molar-refractivity contribution in [3.63, 3.8) is 0 Å². The van der Waals surface area contributed by atoms with E-state index in [1.54, 1.807) is 17.8 Å². The molecule has 2 N–H and O–H groups in total. The summed E-state index contributed by atoms with van der Waals surface area (Å²) in [5.74, 6) is 0.817. The van der Waals surface area contributed by atoms with Crippen LogP contribution in [0.3, 0.4) is 0 Å². The van der Waals surface area contributed by atoms with Crippen molar-refractivity contribution in [2.24, 2.45) is 0 Å². The molecule has 3 nitrogen and oxygen atoms in total. The number of thioether (sulfide) groups is 1. The van der Waals surface area contributed by atoms with E-state index in [0.29, 0.717) is 12.3 Å². The van der Waals surface area contributed by atoms with Crippen LogP contribution in [-0.4, -0.2) is 36.9 Å². The molecule has 1 rings (SSSR count). The molecular weight excluding hydrogens is 263 g/mol. The minimum atomic E-state index is -0.396. The van der Waals surface area contributed by atoms with E-state index >= 15 is 0 Å². The molecular formula is C14H23FN2OS. The van der Waals surface area contributed by atoms with Crippen molar-refractivity contribution in [3.05, 3.63) is 17.9 Å². The molecule has 0 aliphatic heterocycles. The van der Waals surface area contributed by atoms with Gasteiger partial charge in [0.25, 0.3) is 0 Å². The largest absolute Gasteiger partial charge is 0.491 e. The zero-order valence-electron chi connectivity index (χ0n) is 11.9. The molecule has 0 saturated heterocycles. The van der Waals surface area contributed by atoms with Crippen molar-refractivity contribution < 1.29 is 9.13 Å². The fourth-order valence-electron chi connectivity index (χ4n) is 1.77. The van der Waals surface area contributed by atoms with Gasteiger partial charge in [0.05, 0.1) is 6.61 Å². The molecule has 1 aromatic carbocycles. The van der Waals surface area contributed by atoms with E-state index in [1.807, 2.05) is 6.92 Å².